The highest BCUT2D eigenvalue weighted by molar-refractivity contribution is 9.10. The van der Waals surface area contributed by atoms with Gasteiger partial charge in [-0.1, -0.05) is 61.0 Å². The molecule has 2 aromatic carbocycles. The lowest BCUT2D eigenvalue weighted by molar-refractivity contribution is 0.0971. The van der Waals surface area contributed by atoms with E-state index in [1.54, 1.807) is 23.1 Å². The first kappa shape index (κ1) is 22.0. The zero-order chi connectivity index (χ0) is 23.7. The fourth-order valence-electron chi connectivity index (χ4n) is 4.18. The summed E-state index contributed by atoms with van der Waals surface area (Å²) >= 11 is 4.89. The van der Waals surface area contributed by atoms with Crippen LogP contribution in [0.25, 0.3) is 11.0 Å². The summed E-state index contributed by atoms with van der Waals surface area (Å²) in [6, 6.07) is 12.8. The molecule has 0 bridgehead atoms. The number of thiazole rings is 1. The maximum absolute atomic E-state index is 13.7. The van der Waals surface area contributed by atoms with Gasteiger partial charge in [0.25, 0.3) is 5.91 Å². The van der Waals surface area contributed by atoms with Gasteiger partial charge in [0.15, 0.2) is 10.6 Å². The van der Waals surface area contributed by atoms with Crippen LogP contribution in [0, 0.1) is 13.8 Å². The van der Waals surface area contributed by atoms with Crippen LogP contribution < -0.4 is 10.3 Å². The number of anilines is 1. The largest absolute Gasteiger partial charge is 0.450 e. The van der Waals surface area contributed by atoms with E-state index in [-0.39, 0.29) is 22.5 Å². The third-order valence-corrected chi connectivity index (χ3v) is 7.71. The fourth-order valence-corrected chi connectivity index (χ4v) is 5.48. The quantitative estimate of drug-likeness (QED) is 0.294. The number of aromatic nitrogens is 1. The van der Waals surface area contributed by atoms with E-state index in [9.17, 15) is 9.59 Å². The number of fused-ring (bicyclic) bond motifs is 2. The van der Waals surface area contributed by atoms with Gasteiger partial charge in [0.05, 0.1) is 22.7 Å². The van der Waals surface area contributed by atoms with E-state index in [1.165, 1.54) is 16.9 Å². The van der Waals surface area contributed by atoms with Crippen LogP contribution in [0.2, 0.25) is 0 Å². The number of benzene rings is 2. The van der Waals surface area contributed by atoms with Crippen LogP contribution in [0.3, 0.4) is 0 Å². The zero-order valence-corrected chi connectivity index (χ0v) is 21.4. The summed E-state index contributed by atoms with van der Waals surface area (Å²) < 4.78 is 6.81. The van der Waals surface area contributed by atoms with Crippen molar-refractivity contribution in [1.29, 1.82) is 0 Å². The number of carbonyl (C=O) groups is 1. The molecular weight excluding hydrogens is 500 g/mol. The molecule has 7 heteroatoms. The molecule has 2 aromatic heterocycles. The number of hydrogen-bond acceptors (Lipinski definition) is 5. The third kappa shape index (κ3) is 3.54. The van der Waals surface area contributed by atoms with Gasteiger partial charge in [-0.05, 0) is 48.6 Å². The minimum absolute atomic E-state index is 0.00728. The van der Waals surface area contributed by atoms with E-state index < -0.39 is 6.04 Å². The summed E-state index contributed by atoms with van der Waals surface area (Å²) in [6.07, 6.45) is 0. The highest BCUT2D eigenvalue weighted by Gasteiger charge is 2.45. The average molecular weight is 523 g/mol. The van der Waals surface area contributed by atoms with Crippen LogP contribution >= 0.6 is 27.3 Å². The van der Waals surface area contributed by atoms with Crippen LogP contribution in [0.1, 0.15) is 64.6 Å². The smallest absolute Gasteiger partial charge is 0.297 e. The van der Waals surface area contributed by atoms with Crippen molar-refractivity contribution in [3.05, 3.63) is 90.2 Å². The maximum atomic E-state index is 13.7. The van der Waals surface area contributed by atoms with E-state index in [1.807, 2.05) is 26.0 Å². The van der Waals surface area contributed by atoms with E-state index in [2.05, 4.69) is 53.8 Å². The highest BCUT2D eigenvalue weighted by atomic mass is 79.9. The van der Waals surface area contributed by atoms with Gasteiger partial charge in [0.2, 0.25) is 5.76 Å². The highest BCUT2D eigenvalue weighted by Crippen LogP contribution is 2.43. The van der Waals surface area contributed by atoms with Gasteiger partial charge in [0.1, 0.15) is 5.58 Å². The number of aryl methyl sites for hydroxylation is 2. The molecule has 4 aromatic rings. The number of carbonyl (C=O) groups excluding carboxylic acids is 1. The Bertz CT molecular complexity index is 1460. The second-order valence-electron chi connectivity index (χ2n) is 9.40. The first-order chi connectivity index (χ1) is 15.6. The van der Waals surface area contributed by atoms with Gasteiger partial charge in [-0.15, -0.1) is 11.3 Å². The first-order valence-corrected chi connectivity index (χ1v) is 12.3. The molecule has 5 nitrogen and oxygen atoms in total. The number of amides is 1. The summed E-state index contributed by atoms with van der Waals surface area (Å²) in [5.74, 6) is -0.254. The molecule has 1 unspecified atom stereocenters. The summed E-state index contributed by atoms with van der Waals surface area (Å²) in [7, 11) is 0. The predicted molar refractivity (Wildman–Crippen MR) is 136 cm³/mol. The molecule has 1 atom stereocenters. The minimum atomic E-state index is -0.605. The molecule has 0 radical (unpaired) electrons. The molecule has 0 N–H and O–H groups in total. The Morgan fingerprint density at radius 1 is 1.06 bits per heavy atom. The summed E-state index contributed by atoms with van der Waals surface area (Å²) in [4.78, 5) is 34.6. The first-order valence-electron chi connectivity index (χ1n) is 10.7. The van der Waals surface area contributed by atoms with Crippen molar-refractivity contribution >= 4 is 49.3 Å². The monoisotopic (exact) mass is 522 g/mol. The van der Waals surface area contributed by atoms with Crippen LogP contribution in [0.5, 0.6) is 0 Å². The topological polar surface area (TPSA) is 63.4 Å². The molecular formula is C26H23BrN2O3S. The number of nitrogens with zero attached hydrogens (tertiary/aromatic N) is 2. The fraction of sp³-hybridized carbons (Fsp3) is 0.269. The van der Waals surface area contributed by atoms with Gasteiger partial charge in [0, 0.05) is 9.35 Å². The molecule has 0 spiro atoms. The average Bonchev–Trinajstić information content (AvgIpc) is 3.24. The van der Waals surface area contributed by atoms with Crippen molar-refractivity contribution in [3.63, 3.8) is 0 Å². The van der Waals surface area contributed by atoms with Gasteiger partial charge < -0.3 is 4.42 Å². The summed E-state index contributed by atoms with van der Waals surface area (Å²) in [5, 5.41) is 1.01. The Labute approximate surface area is 204 Å². The Kier molecular flexibility index (Phi) is 5.10. The lowest BCUT2D eigenvalue weighted by Gasteiger charge is -2.24. The number of halogens is 1. The molecule has 0 saturated heterocycles. The summed E-state index contributed by atoms with van der Waals surface area (Å²) in [6.45, 7) is 10.4. The summed E-state index contributed by atoms with van der Waals surface area (Å²) in [5.41, 5.74) is 3.45. The van der Waals surface area contributed by atoms with Crippen LogP contribution in [0.15, 0.2) is 56.1 Å². The Balaban J connectivity index is 1.78. The second-order valence-corrected chi connectivity index (χ2v) is 11.5. The molecule has 5 rings (SSSR count). The van der Waals surface area contributed by atoms with Gasteiger partial charge >= 0.3 is 0 Å². The van der Waals surface area contributed by atoms with E-state index in [0.29, 0.717) is 21.7 Å². The molecule has 0 fully saturated rings. The zero-order valence-electron chi connectivity index (χ0n) is 19.0. The predicted octanol–water partition coefficient (Wildman–Crippen LogP) is 6.68. The van der Waals surface area contributed by atoms with Crippen molar-refractivity contribution in [2.24, 2.45) is 0 Å². The van der Waals surface area contributed by atoms with Crippen LogP contribution in [0.4, 0.5) is 5.13 Å². The van der Waals surface area contributed by atoms with Gasteiger partial charge in [-0.3, -0.25) is 14.5 Å². The molecule has 1 amide bonds. The van der Waals surface area contributed by atoms with E-state index in [0.717, 1.165) is 20.6 Å². The molecule has 168 valence electrons. The maximum Gasteiger partial charge on any atom is 0.297 e. The molecule has 1 aliphatic rings. The third-order valence-electron chi connectivity index (χ3n) is 6.15. The van der Waals surface area contributed by atoms with Crippen molar-refractivity contribution in [2.75, 3.05) is 4.90 Å². The van der Waals surface area contributed by atoms with E-state index in [4.69, 9.17) is 4.42 Å². The van der Waals surface area contributed by atoms with Crippen molar-refractivity contribution < 1.29 is 9.21 Å². The molecule has 33 heavy (non-hydrogen) atoms. The lowest BCUT2D eigenvalue weighted by Crippen LogP contribution is -2.29. The Morgan fingerprint density at radius 2 is 1.76 bits per heavy atom. The van der Waals surface area contributed by atoms with E-state index >= 15 is 0 Å². The van der Waals surface area contributed by atoms with Crippen LogP contribution in [-0.2, 0) is 5.41 Å². The minimum Gasteiger partial charge on any atom is -0.450 e. The van der Waals surface area contributed by atoms with Crippen molar-refractivity contribution in [2.45, 2.75) is 46.1 Å². The Morgan fingerprint density at radius 3 is 2.36 bits per heavy atom. The normalized spacial score (nSPS) is 16.0. The lowest BCUT2D eigenvalue weighted by atomic mass is 9.86. The van der Waals surface area contributed by atoms with Crippen molar-refractivity contribution in [1.82, 2.24) is 4.98 Å². The molecule has 1 aliphatic heterocycles. The van der Waals surface area contributed by atoms with Gasteiger partial charge in [-0.25, -0.2) is 4.98 Å². The Hall–Kier alpha value is -2.77. The standard InChI is InChI=1S/C26H23BrN2O3S/c1-13-14(2)33-25(28-13)29-21(15-6-8-16(9-7-15)26(3,4)5)20-22(30)18-12-17(27)10-11-19(18)32-23(20)24(29)31/h6-12,21H,1-5H3. The SMILES string of the molecule is Cc1nc(N2C(=O)c3oc4ccc(Br)cc4c(=O)c3C2c2ccc(C(C)(C)C)cc2)sc1C. The van der Waals surface area contributed by atoms with Crippen LogP contribution in [-0.4, -0.2) is 10.9 Å². The number of rotatable bonds is 2. The molecule has 0 saturated carbocycles. The second kappa shape index (κ2) is 7.64. The molecule has 3 heterocycles. The molecule has 0 aliphatic carbocycles. The number of hydrogen-bond donors (Lipinski definition) is 0. The van der Waals surface area contributed by atoms with Gasteiger partial charge in [-0.2, -0.15) is 0 Å². The van der Waals surface area contributed by atoms with Crippen molar-refractivity contribution in [3.8, 4) is 0 Å².